The second-order valence-electron chi connectivity index (χ2n) is 8.32. The lowest BCUT2D eigenvalue weighted by Crippen LogP contribution is -3.26. The van der Waals surface area contributed by atoms with Gasteiger partial charge in [0.2, 0.25) is 0 Å². The van der Waals surface area contributed by atoms with Crippen molar-refractivity contribution in [1.82, 2.24) is 4.57 Å². The van der Waals surface area contributed by atoms with Gasteiger partial charge in [-0.25, -0.2) is 4.79 Å². The SMILES string of the molecule is CCOC(=O)c1c(C[NH+]2CC[NH+](C)CC2)n(Cc2ccccc2)c2cc(Br)c(O)cc12. The number of phenols is 1. The van der Waals surface area contributed by atoms with Gasteiger partial charge in [-0.1, -0.05) is 30.3 Å². The highest BCUT2D eigenvalue weighted by molar-refractivity contribution is 9.10. The van der Waals surface area contributed by atoms with E-state index in [1.54, 1.807) is 11.0 Å². The summed E-state index contributed by atoms with van der Waals surface area (Å²) < 4.78 is 8.29. The summed E-state index contributed by atoms with van der Waals surface area (Å²) in [6.45, 7) is 7.92. The third-order valence-corrected chi connectivity index (χ3v) is 6.77. The number of piperazine rings is 1. The molecule has 0 spiro atoms. The maximum Gasteiger partial charge on any atom is 0.340 e. The Hall–Kier alpha value is -2.35. The fourth-order valence-corrected chi connectivity index (χ4v) is 4.75. The second-order valence-corrected chi connectivity index (χ2v) is 9.17. The van der Waals surface area contributed by atoms with Gasteiger partial charge in [0, 0.05) is 11.9 Å². The number of halogens is 1. The normalized spacial score (nSPS) is 18.9. The molecule has 164 valence electrons. The predicted molar refractivity (Wildman–Crippen MR) is 124 cm³/mol. The van der Waals surface area contributed by atoms with Crippen LogP contribution in [0.15, 0.2) is 46.9 Å². The summed E-state index contributed by atoms with van der Waals surface area (Å²) in [5.74, 6) is -0.202. The van der Waals surface area contributed by atoms with Gasteiger partial charge in [-0.2, -0.15) is 0 Å². The topological polar surface area (TPSA) is 60.3 Å². The van der Waals surface area contributed by atoms with Crippen LogP contribution in [0, 0.1) is 0 Å². The van der Waals surface area contributed by atoms with Gasteiger partial charge in [-0.15, -0.1) is 0 Å². The first kappa shape index (κ1) is 21.9. The highest BCUT2D eigenvalue weighted by atomic mass is 79.9. The van der Waals surface area contributed by atoms with E-state index < -0.39 is 0 Å². The van der Waals surface area contributed by atoms with Gasteiger partial charge in [-0.3, -0.25) is 0 Å². The van der Waals surface area contributed by atoms with Crippen LogP contribution in [-0.4, -0.2) is 55.5 Å². The Morgan fingerprint density at radius 1 is 1.16 bits per heavy atom. The summed E-state index contributed by atoms with van der Waals surface area (Å²) in [6.07, 6.45) is 0. The molecule has 1 aliphatic heterocycles. The Balaban J connectivity index is 1.88. The summed E-state index contributed by atoms with van der Waals surface area (Å²) in [4.78, 5) is 16.1. The molecule has 6 nitrogen and oxygen atoms in total. The van der Waals surface area contributed by atoms with Crippen molar-refractivity contribution in [2.45, 2.75) is 20.0 Å². The zero-order valence-electron chi connectivity index (χ0n) is 18.1. The van der Waals surface area contributed by atoms with E-state index in [-0.39, 0.29) is 11.7 Å². The molecule has 1 saturated heterocycles. The minimum Gasteiger partial charge on any atom is -0.507 e. The Morgan fingerprint density at radius 2 is 1.87 bits per heavy atom. The number of hydrogen-bond acceptors (Lipinski definition) is 3. The van der Waals surface area contributed by atoms with Crippen molar-refractivity contribution in [2.75, 3.05) is 39.8 Å². The number of ether oxygens (including phenoxy) is 1. The molecule has 7 heteroatoms. The van der Waals surface area contributed by atoms with Crippen LogP contribution < -0.4 is 9.80 Å². The lowest BCUT2D eigenvalue weighted by Gasteiger charge is -2.28. The van der Waals surface area contributed by atoms with Crippen LogP contribution in [-0.2, 0) is 17.8 Å². The van der Waals surface area contributed by atoms with Crippen LogP contribution in [0.2, 0.25) is 0 Å². The molecule has 3 aromatic rings. The summed E-state index contributed by atoms with van der Waals surface area (Å²) in [6, 6.07) is 13.9. The minimum absolute atomic E-state index is 0.122. The van der Waals surface area contributed by atoms with Gasteiger partial charge >= 0.3 is 5.97 Å². The summed E-state index contributed by atoms with van der Waals surface area (Å²) in [5.41, 5.74) is 3.64. The van der Waals surface area contributed by atoms with Gasteiger partial charge in [0.15, 0.2) is 0 Å². The minimum atomic E-state index is -0.324. The number of aromatic nitrogens is 1. The monoisotopic (exact) mass is 487 g/mol. The van der Waals surface area contributed by atoms with Crippen LogP contribution in [0.1, 0.15) is 28.5 Å². The first-order chi connectivity index (χ1) is 15.0. The molecule has 2 aromatic carbocycles. The maximum absolute atomic E-state index is 13.1. The third kappa shape index (κ3) is 4.63. The largest absolute Gasteiger partial charge is 0.507 e. The summed E-state index contributed by atoms with van der Waals surface area (Å²) in [7, 11) is 2.23. The van der Waals surface area contributed by atoms with Gasteiger partial charge in [0.25, 0.3) is 0 Å². The van der Waals surface area contributed by atoms with Crippen molar-refractivity contribution in [1.29, 1.82) is 0 Å². The van der Waals surface area contributed by atoms with Crippen molar-refractivity contribution in [3.8, 4) is 5.75 Å². The number of esters is 1. The van der Waals surface area contributed by atoms with Gasteiger partial charge < -0.3 is 24.2 Å². The first-order valence-electron chi connectivity index (χ1n) is 10.9. The van der Waals surface area contributed by atoms with Crippen molar-refractivity contribution >= 4 is 32.8 Å². The predicted octanol–water partition coefficient (Wildman–Crippen LogP) is 1.25. The molecule has 31 heavy (non-hydrogen) atoms. The van der Waals surface area contributed by atoms with E-state index in [9.17, 15) is 9.90 Å². The molecule has 2 heterocycles. The van der Waals surface area contributed by atoms with Crippen LogP contribution in [0.25, 0.3) is 10.9 Å². The Morgan fingerprint density at radius 3 is 2.55 bits per heavy atom. The molecule has 0 bridgehead atoms. The molecule has 0 aliphatic carbocycles. The molecule has 0 unspecified atom stereocenters. The first-order valence-corrected chi connectivity index (χ1v) is 11.7. The molecular weight excluding hydrogens is 458 g/mol. The Bertz CT molecular complexity index is 1070. The van der Waals surface area contributed by atoms with Crippen LogP contribution in [0.5, 0.6) is 5.75 Å². The lowest BCUT2D eigenvalue weighted by molar-refractivity contribution is -1.01. The Labute approximate surface area is 191 Å². The number of phenolic OH excluding ortho intramolecular Hbond substituents is 1. The summed E-state index contributed by atoms with van der Waals surface area (Å²) >= 11 is 3.46. The van der Waals surface area contributed by atoms with E-state index in [0.29, 0.717) is 23.2 Å². The molecule has 1 aromatic heterocycles. The number of fused-ring (bicyclic) bond motifs is 1. The number of aromatic hydroxyl groups is 1. The highest BCUT2D eigenvalue weighted by Gasteiger charge is 2.29. The zero-order valence-corrected chi connectivity index (χ0v) is 19.7. The number of rotatable bonds is 6. The molecular formula is C24H30BrN3O3+2. The van der Waals surface area contributed by atoms with E-state index in [0.717, 1.165) is 54.9 Å². The fourth-order valence-electron chi connectivity index (χ4n) is 4.42. The number of likely N-dealkylation sites (N-methyl/N-ethyl adjacent to an activating group) is 1. The number of nitrogens with one attached hydrogen (secondary N) is 2. The van der Waals surface area contributed by atoms with E-state index in [4.69, 9.17) is 4.74 Å². The van der Waals surface area contributed by atoms with Gasteiger partial charge in [0.05, 0.1) is 34.9 Å². The van der Waals surface area contributed by atoms with Crippen LogP contribution in [0.3, 0.4) is 0 Å². The molecule has 1 fully saturated rings. The molecule has 0 amide bonds. The van der Waals surface area contributed by atoms with Crippen molar-refractivity contribution in [3.05, 3.63) is 63.8 Å². The molecule has 3 N–H and O–H groups in total. The fraction of sp³-hybridized carbons (Fsp3) is 0.375. The number of hydrogen-bond donors (Lipinski definition) is 3. The standard InChI is InChI=1S/C24H28BrN3O3/c1-3-31-24(30)23-18-13-22(29)19(25)14-20(18)28(15-17-7-5-4-6-8-17)21(23)16-27-11-9-26(2)10-12-27/h4-8,13-14,29H,3,9-12,15-16H2,1-2H3/p+2. The number of carbonyl (C=O) groups excluding carboxylic acids is 1. The molecule has 0 saturated carbocycles. The van der Waals surface area contributed by atoms with Crippen molar-refractivity contribution in [3.63, 3.8) is 0 Å². The van der Waals surface area contributed by atoms with E-state index in [1.165, 1.54) is 4.90 Å². The number of nitrogens with zero attached hydrogens (tertiary/aromatic N) is 1. The van der Waals surface area contributed by atoms with Gasteiger partial charge in [-0.05, 0) is 40.5 Å². The summed E-state index contributed by atoms with van der Waals surface area (Å²) in [5, 5.41) is 11.1. The quantitative estimate of drug-likeness (QED) is 0.458. The van der Waals surface area contributed by atoms with Crippen molar-refractivity contribution < 1.29 is 24.4 Å². The smallest absolute Gasteiger partial charge is 0.340 e. The maximum atomic E-state index is 13.1. The van der Waals surface area contributed by atoms with Crippen molar-refractivity contribution in [2.24, 2.45) is 0 Å². The molecule has 0 atom stereocenters. The van der Waals surface area contributed by atoms with E-state index in [1.807, 2.05) is 31.2 Å². The zero-order chi connectivity index (χ0) is 22.0. The number of carbonyl (C=O) groups is 1. The Kier molecular flexibility index (Phi) is 6.65. The van der Waals surface area contributed by atoms with Crippen LogP contribution >= 0.6 is 15.9 Å². The number of benzene rings is 2. The number of quaternary nitrogens is 2. The highest BCUT2D eigenvalue weighted by Crippen LogP contribution is 2.35. The second kappa shape index (κ2) is 9.42. The molecule has 4 rings (SSSR count). The average molecular weight is 488 g/mol. The van der Waals surface area contributed by atoms with Gasteiger partial charge in [0.1, 0.15) is 38.5 Å². The van der Waals surface area contributed by atoms with E-state index in [2.05, 4.69) is 39.7 Å². The lowest BCUT2D eigenvalue weighted by atomic mass is 10.1. The average Bonchev–Trinajstić information content (AvgIpc) is 3.03. The van der Waals surface area contributed by atoms with E-state index >= 15 is 0 Å². The van der Waals surface area contributed by atoms with Crippen LogP contribution in [0.4, 0.5) is 0 Å². The molecule has 1 aliphatic rings. The molecule has 0 radical (unpaired) electrons. The third-order valence-electron chi connectivity index (χ3n) is 6.13.